The third kappa shape index (κ3) is 3.93. The summed E-state index contributed by atoms with van der Waals surface area (Å²) in [6, 6.07) is 15.0. The molecule has 6 heteroatoms. The zero-order chi connectivity index (χ0) is 15.2. The number of nitro benzene ring substituents is 1. The maximum Gasteiger partial charge on any atom is 0.342 e. The molecule has 0 aliphatic rings. The van der Waals surface area contributed by atoms with Crippen LogP contribution in [0.1, 0.15) is 5.56 Å². The lowest BCUT2D eigenvalue weighted by Crippen LogP contribution is -1.98. The van der Waals surface area contributed by atoms with Crippen LogP contribution in [0.25, 0.3) is 6.08 Å². The molecule has 0 spiro atoms. The van der Waals surface area contributed by atoms with Gasteiger partial charge in [0.25, 0.3) is 5.69 Å². The Hall–Kier alpha value is -2.60. The van der Waals surface area contributed by atoms with Crippen LogP contribution in [0.4, 0.5) is 5.69 Å². The van der Waals surface area contributed by atoms with E-state index in [-0.39, 0.29) is 10.6 Å². The lowest BCUT2D eigenvalue weighted by molar-refractivity contribution is -0.387. The van der Waals surface area contributed by atoms with Gasteiger partial charge >= 0.3 is 5.97 Å². The van der Waals surface area contributed by atoms with Gasteiger partial charge in [-0.1, -0.05) is 54.2 Å². The molecule has 0 atom stereocenters. The lowest BCUT2D eigenvalue weighted by Gasteiger charge is -2.04. The van der Waals surface area contributed by atoms with Crippen LogP contribution in [-0.4, -0.2) is 16.0 Å². The summed E-state index contributed by atoms with van der Waals surface area (Å²) in [6.45, 7) is 0. The molecule has 2 aromatic rings. The highest BCUT2D eigenvalue weighted by molar-refractivity contribution is 8.04. The standard InChI is InChI=1S/C15H11NO4S/c17-15(18)14(10-11-6-2-1-3-7-11)21-13-9-5-4-8-12(13)16(19)20/h1-10H,(H,17,18)/b14-10-. The predicted molar refractivity (Wildman–Crippen MR) is 81.0 cm³/mol. The van der Waals surface area contributed by atoms with Crippen LogP contribution in [0.15, 0.2) is 64.4 Å². The first-order chi connectivity index (χ1) is 10.1. The van der Waals surface area contributed by atoms with Crippen LogP contribution in [0.3, 0.4) is 0 Å². The van der Waals surface area contributed by atoms with Crippen molar-refractivity contribution < 1.29 is 14.8 Å². The fourth-order valence-electron chi connectivity index (χ4n) is 1.65. The van der Waals surface area contributed by atoms with E-state index in [1.54, 1.807) is 36.4 Å². The van der Waals surface area contributed by atoms with Gasteiger partial charge in [-0.2, -0.15) is 0 Å². The zero-order valence-electron chi connectivity index (χ0n) is 10.8. The molecule has 0 aliphatic carbocycles. The average molecular weight is 301 g/mol. The van der Waals surface area contributed by atoms with Crippen molar-refractivity contribution in [3.05, 3.63) is 75.2 Å². The first-order valence-electron chi connectivity index (χ1n) is 5.99. The average Bonchev–Trinajstić information content (AvgIpc) is 2.48. The van der Waals surface area contributed by atoms with E-state index in [9.17, 15) is 20.0 Å². The maximum absolute atomic E-state index is 11.3. The highest BCUT2D eigenvalue weighted by Gasteiger charge is 2.17. The molecule has 0 aliphatic heterocycles. The van der Waals surface area contributed by atoms with E-state index in [0.717, 1.165) is 17.3 Å². The van der Waals surface area contributed by atoms with Gasteiger partial charge in [0.05, 0.1) is 14.7 Å². The summed E-state index contributed by atoms with van der Waals surface area (Å²) >= 11 is 0.867. The Bertz CT molecular complexity index is 698. The number of nitro groups is 1. The van der Waals surface area contributed by atoms with Crippen LogP contribution in [0, 0.1) is 10.1 Å². The second-order valence-corrected chi connectivity index (χ2v) is 5.14. The van der Waals surface area contributed by atoms with E-state index in [2.05, 4.69) is 0 Å². The molecule has 21 heavy (non-hydrogen) atoms. The molecule has 0 heterocycles. The predicted octanol–water partition coefficient (Wildman–Crippen LogP) is 3.81. The van der Waals surface area contributed by atoms with Crippen molar-refractivity contribution >= 4 is 29.5 Å². The zero-order valence-corrected chi connectivity index (χ0v) is 11.6. The van der Waals surface area contributed by atoms with Gasteiger partial charge in [-0.25, -0.2) is 4.79 Å². The molecule has 2 rings (SSSR count). The summed E-state index contributed by atoms with van der Waals surface area (Å²) < 4.78 is 0. The smallest absolute Gasteiger partial charge is 0.342 e. The number of carbonyl (C=O) groups is 1. The van der Waals surface area contributed by atoms with Crippen LogP contribution in [0.5, 0.6) is 0 Å². The van der Waals surface area contributed by atoms with E-state index in [0.29, 0.717) is 4.90 Å². The van der Waals surface area contributed by atoms with Gasteiger partial charge in [-0.05, 0) is 17.7 Å². The highest BCUT2D eigenvalue weighted by atomic mass is 32.2. The SMILES string of the molecule is O=C(O)/C(=C/c1ccccc1)Sc1ccccc1[N+](=O)[O-]. The molecular formula is C15H11NO4S. The van der Waals surface area contributed by atoms with Gasteiger partial charge < -0.3 is 5.11 Å². The number of rotatable bonds is 5. The lowest BCUT2D eigenvalue weighted by atomic mass is 10.2. The topological polar surface area (TPSA) is 80.4 Å². The minimum Gasteiger partial charge on any atom is -0.477 e. The summed E-state index contributed by atoms with van der Waals surface area (Å²) in [6.07, 6.45) is 1.49. The Morgan fingerprint density at radius 3 is 2.33 bits per heavy atom. The minimum atomic E-state index is -1.12. The van der Waals surface area contributed by atoms with Gasteiger partial charge in [0.15, 0.2) is 0 Å². The van der Waals surface area contributed by atoms with Gasteiger partial charge in [-0.3, -0.25) is 10.1 Å². The first kappa shape index (κ1) is 14.8. The van der Waals surface area contributed by atoms with Gasteiger partial charge in [-0.15, -0.1) is 0 Å². The number of hydrogen-bond acceptors (Lipinski definition) is 4. The summed E-state index contributed by atoms with van der Waals surface area (Å²) in [7, 11) is 0. The molecule has 0 aromatic heterocycles. The van der Waals surface area contributed by atoms with E-state index < -0.39 is 10.9 Å². The normalized spacial score (nSPS) is 11.1. The summed E-state index contributed by atoms with van der Waals surface area (Å²) in [5, 5.41) is 20.2. The molecule has 0 radical (unpaired) electrons. The molecule has 0 bridgehead atoms. The van der Waals surface area contributed by atoms with Crippen LogP contribution >= 0.6 is 11.8 Å². The fourth-order valence-corrected chi connectivity index (χ4v) is 2.56. The second kappa shape index (κ2) is 6.71. The third-order valence-corrected chi connectivity index (χ3v) is 3.67. The van der Waals surface area contributed by atoms with Gasteiger partial charge in [0.1, 0.15) is 0 Å². The van der Waals surface area contributed by atoms with E-state index in [1.807, 2.05) is 6.07 Å². The number of carboxylic acid groups (broad SMARTS) is 1. The number of aliphatic carboxylic acids is 1. The quantitative estimate of drug-likeness (QED) is 0.393. The largest absolute Gasteiger partial charge is 0.477 e. The molecule has 0 saturated heterocycles. The molecule has 106 valence electrons. The Morgan fingerprint density at radius 1 is 1.10 bits per heavy atom. The van der Waals surface area contributed by atoms with Crippen molar-refractivity contribution in [2.75, 3.05) is 0 Å². The molecular weight excluding hydrogens is 290 g/mol. The van der Waals surface area contributed by atoms with Crippen LogP contribution in [-0.2, 0) is 4.79 Å². The van der Waals surface area contributed by atoms with Crippen molar-refractivity contribution in [3.63, 3.8) is 0 Å². The number of carboxylic acids is 1. The van der Waals surface area contributed by atoms with Crippen molar-refractivity contribution in [1.29, 1.82) is 0 Å². The van der Waals surface area contributed by atoms with Crippen LogP contribution < -0.4 is 0 Å². The molecule has 0 fully saturated rings. The first-order valence-corrected chi connectivity index (χ1v) is 6.81. The van der Waals surface area contributed by atoms with E-state index in [4.69, 9.17) is 0 Å². The number of hydrogen-bond donors (Lipinski definition) is 1. The molecule has 2 aromatic carbocycles. The summed E-state index contributed by atoms with van der Waals surface area (Å²) in [5.41, 5.74) is 0.615. The Balaban J connectivity index is 2.36. The Labute approximate surface area is 125 Å². The van der Waals surface area contributed by atoms with E-state index in [1.165, 1.54) is 18.2 Å². The minimum absolute atomic E-state index is 0.0236. The second-order valence-electron chi connectivity index (χ2n) is 4.05. The van der Waals surface area contributed by atoms with E-state index >= 15 is 0 Å². The summed E-state index contributed by atoms with van der Waals surface area (Å²) in [4.78, 5) is 22.1. The Morgan fingerprint density at radius 2 is 1.71 bits per heavy atom. The number of nitrogens with zero attached hydrogens (tertiary/aromatic N) is 1. The molecule has 0 saturated carbocycles. The molecule has 1 N–H and O–H groups in total. The summed E-state index contributed by atoms with van der Waals surface area (Å²) in [5.74, 6) is -1.12. The maximum atomic E-state index is 11.3. The van der Waals surface area contributed by atoms with Gasteiger partial charge in [0, 0.05) is 6.07 Å². The number of para-hydroxylation sites is 1. The van der Waals surface area contributed by atoms with Crippen molar-refractivity contribution in [2.24, 2.45) is 0 Å². The Kier molecular flexibility index (Phi) is 4.73. The number of thioether (sulfide) groups is 1. The molecule has 5 nitrogen and oxygen atoms in total. The monoisotopic (exact) mass is 301 g/mol. The van der Waals surface area contributed by atoms with Crippen molar-refractivity contribution in [3.8, 4) is 0 Å². The number of benzene rings is 2. The van der Waals surface area contributed by atoms with Crippen molar-refractivity contribution in [1.82, 2.24) is 0 Å². The van der Waals surface area contributed by atoms with Crippen molar-refractivity contribution in [2.45, 2.75) is 4.90 Å². The molecule has 0 amide bonds. The van der Waals surface area contributed by atoms with Crippen LogP contribution in [0.2, 0.25) is 0 Å². The highest BCUT2D eigenvalue weighted by Crippen LogP contribution is 2.34. The fraction of sp³-hybridized carbons (Fsp3) is 0. The van der Waals surface area contributed by atoms with Gasteiger partial charge in [0.2, 0.25) is 0 Å². The third-order valence-electron chi connectivity index (χ3n) is 2.59. The molecule has 0 unspecified atom stereocenters.